The van der Waals surface area contributed by atoms with Crippen molar-refractivity contribution in [1.82, 2.24) is 9.88 Å². The minimum absolute atomic E-state index is 0.0494. The Kier molecular flexibility index (Phi) is 10.0. The number of carbonyl (C=O) groups excluding carboxylic acids is 3. The molecule has 1 aromatic rings. The summed E-state index contributed by atoms with van der Waals surface area (Å²) < 4.78 is 11.5. The first-order valence-electron chi connectivity index (χ1n) is 10.7. The minimum Gasteiger partial charge on any atom is -0.478 e. The number of anilines is 1. The van der Waals surface area contributed by atoms with Gasteiger partial charge in [-0.25, -0.2) is 9.59 Å². The van der Waals surface area contributed by atoms with Crippen LogP contribution < -0.4 is 16.2 Å². The van der Waals surface area contributed by atoms with Gasteiger partial charge in [0.1, 0.15) is 29.5 Å². The lowest BCUT2D eigenvalue weighted by Crippen LogP contribution is -2.46. The third-order valence-corrected chi connectivity index (χ3v) is 3.89. The standard InChI is InChI=1S/C23H33N3O8/c1-22(2,3)33-18(29)14-26-13-9-11-16(20(26)31)24-19(30)15(10-7-8-12-17(27)28)25-21(32)34-23(4,5)6/h8-9,11-13,15H,7,10,14H2,1-6H3,(H,24,30)(H,25,32)(H,27,28)/b12-8+. The number of nitrogens with zero attached hydrogens (tertiary/aromatic N) is 1. The lowest BCUT2D eigenvalue weighted by Gasteiger charge is -2.23. The predicted octanol–water partition coefficient (Wildman–Crippen LogP) is 2.44. The van der Waals surface area contributed by atoms with Crippen molar-refractivity contribution in [1.29, 1.82) is 0 Å². The largest absolute Gasteiger partial charge is 0.478 e. The summed E-state index contributed by atoms with van der Waals surface area (Å²) in [6, 6.07) is 1.72. The number of alkyl carbamates (subject to hydrolysis) is 1. The van der Waals surface area contributed by atoms with Gasteiger partial charge in [0.05, 0.1) is 0 Å². The third-order valence-electron chi connectivity index (χ3n) is 3.89. The molecule has 1 unspecified atom stereocenters. The smallest absolute Gasteiger partial charge is 0.408 e. The number of aliphatic carboxylic acids is 1. The molecule has 1 rings (SSSR count). The topological polar surface area (TPSA) is 153 Å². The highest BCUT2D eigenvalue weighted by molar-refractivity contribution is 5.96. The summed E-state index contributed by atoms with van der Waals surface area (Å²) in [6.45, 7) is 9.74. The van der Waals surface area contributed by atoms with E-state index in [0.717, 1.165) is 10.6 Å². The van der Waals surface area contributed by atoms with E-state index in [1.165, 1.54) is 24.4 Å². The molecule has 2 amide bonds. The highest BCUT2D eigenvalue weighted by atomic mass is 16.6. The summed E-state index contributed by atoms with van der Waals surface area (Å²) >= 11 is 0. The maximum atomic E-state index is 12.9. The van der Waals surface area contributed by atoms with Gasteiger partial charge in [-0.2, -0.15) is 0 Å². The van der Waals surface area contributed by atoms with Crippen LogP contribution in [0.3, 0.4) is 0 Å². The van der Waals surface area contributed by atoms with Crippen molar-refractivity contribution in [3.8, 4) is 0 Å². The highest BCUT2D eigenvalue weighted by Crippen LogP contribution is 2.10. The molecular weight excluding hydrogens is 446 g/mol. The molecule has 11 heteroatoms. The number of amides is 2. The van der Waals surface area contributed by atoms with Gasteiger partial charge in [-0.1, -0.05) is 6.08 Å². The first-order valence-corrected chi connectivity index (χ1v) is 10.7. The third kappa shape index (κ3) is 11.3. The van der Waals surface area contributed by atoms with Gasteiger partial charge in [0.25, 0.3) is 5.56 Å². The average molecular weight is 480 g/mol. The fourth-order valence-corrected chi connectivity index (χ4v) is 2.65. The second-order valence-corrected chi connectivity index (χ2v) is 9.45. The van der Waals surface area contributed by atoms with Gasteiger partial charge in [0.15, 0.2) is 0 Å². The van der Waals surface area contributed by atoms with Crippen LogP contribution in [0.4, 0.5) is 10.5 Å². The molecule has 0 aliphatic heterocycles. The number of hydrogen-bond acceptors (Lipinski definition) is 7. The molecule has 0 aliphatic rings. The van der Waals surface area contributed by atoms with Gasteiger partial charge < -0.3 is 29.8 Å². The lowest BCUT2D eigenvalue weighted by atomic mass is 10.1. The van der Waals surface area contributed by atoms with Crippen molar-refractivity contribution in [3.63, 3.8) is 0 Å². The Labute approximate surface area is 198 Å². The molecule has 34 heavy (non-hydrogen) atoms. The molecule has 0 bridgehead atoms. The number of allylic oxidation sites excluding steroid dienone is 1. The fourth-order valence-electron chi connectivity index (χ4n) is 2.65. The van der Waals surface area contributed by atoms with Crippen LogP contribution in [0.2, 0.25) is 0 Å². The van der Waals surface area contributed by atoms with Crippen LogP contribution in [0.1, 0.15) is 54.4 Å². The Morgan fingerprint density at radius 2 is 1.71 bits per heavy atom. The Hall–Kier alpha value is -3.63. The van der Waals surface area contributed by atoms with E-state index in [9.17, 15) is 24.0 Å². The monoisotopic (exact) mass is 479 g/mol. The molecule has 188 valence electrons. The molecular formula is C23H33N3O8. The van der Waals surface area contributed by atoms with Crippen LogP contribution in [0.5, 0.6) is 0 Å². The molecule has 1 atom stereocenters. The van der Waals surface area contributed by atoms with Crippen molar-refractivity contribution in [2.45, 2.75) is 78.2 Å². The number of pyridine rings is 1. The van der Waals surface area contributed by atoms with Crippen LogP contribution in [0.25, 0.3) is 0 Å². The van der Waals surface area contributed by atoms with Crippen molar-refractivity contribution < 1.29 is 33.8 Å². The number of ether oxygens (including phenoxy) is 2. The molecule has 1 heterocycles. The van der Waals surface area contributed by atoms with Crippen molar-refractivity contribution in [2.24, 2.45) is 0 Å². The van der Waals surface area contributed by atoms with Crippen LogP contribution in [-0.2, 0) is 30.4 Å². The van der Waals surface area contributed by atoms with E-state index < -0.39 is 46.7 Å². The van der Waals surface area contributed by atoms with Gasteiger partial charge in [0.2, 0.25) is 5.91 Å². The van der Waals surface area contributed by atoms with Gasteiger partial charge >= 0.3 is 18.0 Å². The Morgan fingerprint density at radius 1 is 1.09 bits per heavy atom. The lowest BCUT2D eigenvalue weighted by molar-refractivity contribution is -0.155. The van der Waals surface area contributed by atoms with E-state index in [2.05, 4.69) is 10.6 Å². The molecule has 3 N–H and O–H groups in total. The summed E-state index contributed by atoms with van der Waals surface area (Å²) in [4.78, 5) is 60.5. The second-order valence-electron chi connectivity index (χ2n) is 9.45. The molecule has 0 aromatic carbocycles. The van der Waals surface area contributed by atoms with E-state index in [1.807, 2.05) is 0 Å². The number of nitrogens with one attached hydrogen (secondary N) is 2. The molecule has 0 spiro atoms. The normalized spacial score (nSPS) is 12.6. The minimum atomic E-state index is -1.14. The zero-order valence-corrected chi connectivity index (χ0v) is 20.3. The van der Waals surface area contributed by atoms with Gasteiger partial charge in [-0.15, -0.1) is 0 Å². The quantitative estimate of drug-likeness (QED) is 0.361. The van der Waals surface area contributed by atoms with E-state index >= 15 is 0 Å². The summed E-state index contributed by atoms with van der Waals surface area (Å²) in [5.41, 5.74) is -2.26. The second kappa shape index (κ2) is 12.0. The Balaban J connectivity index is 3.01. The Morgan fingerprint density at radius 3 is 2.26 bits per heavy atom. The molecule has 0 aliphatic carbocycles. The number of carboxylic acids is 1. The first-order chi connectivity index (χ1) is 15.6. The molecule has 0 radical (unpaired) electrons. The van der Waals surface area contributed by atoms with E-state index in [-0.39, 0.29) is 25.1 Å². The Bertz CT molecular complexity index is 983. The molecule has 0 fully saturated rings. The van der Waals surface area contributed by atoms with Crippen LogP contribution in [0.15, 0.2) is 35.3 Å². The van der Waals surface area contributed by atoms with Crippen molar-refractivity contribution >= 4 is 29.6 Å². The first kappa shape index (κ1) is 28.4. The van der Waals surface area contributed by atoms with Crippen LogP contribution in [-0.4, -0.2) is 50.9 Å². The number of esters is 1. The van der Waals surface area contributed by atoms with E-state index in [0.29, 0.717) is 0 Å². The highest BCUT2D eigenvalue weighted by Gasteiger charge is 2.25. The predicted molar refractivity (Wildman–Crippen MR) is 124 cm³/mol. The summed E-state index contributed by atoms with van der Waals surface area (Å²) in [7, 11) is 0. The summed E-state index contributed by atoms with van der Waals surface area (Å²) in [5, 5.41) is 13.6. The SMILES string of the molecule is CC(C)(C)OC(=O)Cn1cccc(NC(=O)C(CC/C=C/C(=O)O)NC(=O)OC(C)(C)C)c1=O. The van der Waals surface area contributed by atoms with Crippen molar-refractivity contribution in [2.75, 3.05) is 5.32 Å². The van der Waals surface area contributed by atoms with Gasteiger partial charge in [-0.3, -0.25) is 14.4 Å². The zero-order chi connectivity index (χ0) is 26.1. The molecule has 11 nitrogen and oxygen atoms in total. The van der Waals surface area contributed by atoms with E-state index in [4.69, 9.17) is 14.6 Å². The zero-order valence-electron chi connectivity index (χ0n) is 20.3. The number of carbonyl (C=O) groups is 4. The number of carboxylic acid groups (broad SMARTS) is 1. The van der Waals surface area contributed by atoms with E-state index in [1.54, 1.807) is 41.5 Å². The van der Waals surface area contributed by atoms with Crippen LogP contribution >= 0.6 is 0 Å². The fraction of sp³-hybridized carbons (Fsp3) is 0.522. The maximum absolute atomic E-state index is 12.9. The molecule has 0 saturated heterocycles. The van der Waals surface area contributed by atoms with Gasteiger partial charge in [-0.05, 0) is 66.5 Å². The van der Waals surface area contributed by atoms with Crippen LogP contribution in [0, 0.1) is 0 Å². The molecule has 1 aromatic heterocycles. The molecule has 0 saturated carbocycles. The number of aromatic nitrogens is 1. The summed E-state index contributed by atoms with van der Waals surface area (Å²) in [5.74, 6) is -2.47. The summed E-state index contributed by atoms with van der Waals surface area (Å²) in [6.07, 6.45) is 3.02. The van der Waals surface area contributed by atoms with Gasteiger partial charge in [0, 0.05) is 12.3 Å². The van der Waals surface area contributed by atoms with Crippen molar-refractivity contribution in [3.05, 3.63) is 40.8 Å². The maximum Gasteiger partial charge on any atom is 0.408 e. The average Bonchev–Trinajstić information content (AvgIpc) is 2.64. The number of rotatable bonds is 9. The number of hydrogen-bond donors (Lipinski definition) is 3.